The number of aliphatic carboxylic acids is 1. The van der Waals surface area contributed by atoms with E-state index in [0.29, 0.717) is 18.1 Å². The highest BCUT2D eigenvalue weighted by atomic mass is 32.2. The highest BCUT2D eigenvalue weighted by molar-refractivity contribution is 7.99. The van der Waals surface area contributed by atoms with E-state index in [9.17, 15) is 14.7 Å². The van der Waals surface area contributed by atoms with Crippen LogP contribution < -0.4 is 5.32 Å². The average molecular weight is 398 g/mol. The molecule has 2 heterocycles. The molecule has 1 aromatic carbocycles. The number of anilines is 1. The van der Waals surface area contributed by atoms with Crippen LogP contribution in [0.1, 0.15) is 24.8 Å². The number of urea groups is 1. The number of carbonyl (C=O) groups excluding carboxylic acids is 1. The number of carbonyl (C=O) groups is 2. The fourth-order valence-corrected chi connectivity index (χ4v) is 5.08. The van der Waals surface area contributed by atoms with Gasteiger partial charge in [-0.2, -0.15) is 0 Å². The first-order valence-electron chi connectivity index (χ1n) is 9.33. The minimum absolute atomic E-state index is 0.0569. The number of nitrogens with zero attached hydrogens (tertiary/aromatic N) is 3. The van der Waals surface area contributed by atoms with Crippen LogP contribution in [0.5, 0.6) is 0 Å². The molecule has 1 aliphatic carbocycles. The normalized spacial score (nSPS) is 23.5. The zero-order valence-electron chi connectivity index (χ0n) is 15.6. The third kappa shape index (κ3) is 3.44. The van der Waals surface area contributed by atoms with Crippen molar-refractivity contribution in [3.63, 3.8) is 0 Å². The fraction of sp³-hybridized carbons (Fsp3) is 0.400. The molecule has 0 radical (unpaired) electrons. The lowest BCUT2D eigenvalue weighted by molar-refractivity contribution is -0.149. The van der Waals surface area contributed by atoms with Gasteiger partial charge in [-0.3, -0.25) is 4.79 Å². The molecule has 2 aromatic rings. The van der Waals surface area contributed by atoms with Crippen molar-refractivity contribution in [2.24, 2.45) is 11.3 Å². The van der Waals surface area contributed by atoms with E-state index in [1.807, 2.05) is 25.1 Å². The third-order valence-electron chi connectivity index (χ3n) is 5.77. The Morgan fingerprint density at radius 2 is 2.11 bits per heavy atom. The number of hydrogen-bond acceptors (Lipinski definition) is 5. The largest absolute Gasteiger partial charge is 0.481 e. The van der Waals surface area contributed by atoms with Crippen LogP contribution in [0.4, 0.5) is 10.5 Å². The summed E-state index contributed by atoms with van der Waals surface area (Å²) in [6.45, 7) is 2.73. The molecular weight excluding hydrogens is 376 g/mol. The van der Waals surface area contributed by atoms with Gasteiger partial charge >= 0.3 is 12.0 Å². The summed E-state index contributed by atoms with van der Waals surface area (Å²) in [5.74, 6) is -0.715. The van der Waals surface area contributed by atoms with Crippen LogP contribution in [0.3, 0.4) is 0 Å². The van der Waals surface area contributed by atoms with Crippen molar-refractivity contribution in [3.05, 3.63) is 42.2 Å². The van der Waals surface area contributed by atoms with Crippen molar-refractivity contribution in [1.29, 1.82) is 0 Å². The summed E-state index contributed by atoms with van der Waals surface area (Å²) in [6, 6.07) is 7.30. The van der Waals surface area contributed by atoms with Gasteiger partial charge in [-0.1, -0.05) is 6.42 Å². The number of benzene rings is 1. The van der Waals surface area contributed by atoms with Gasteiger partial charge in [-0.25, -0.2) is 14.8 Å². The molecule has 1 saturated heterocycles. The number of carboxylic acid groups (broad SMARTS) is 1. The van der Waals surface area contributed by atoms with Gasteiger partial charge in [0.15, 0.2) is 5.16 Å². The second-order valence-corrected chi connectivity index (χ2v) is 8.51. The lowest BCUT2D eigenvalue weighted by atomic mass is 9.81. The molecule has 0 spiro atoms. The van der Waals surface area contributed by atoms with Crippen LogP contribution in [-0.2, 0) is 4.79 Å². The van der Waals surface area contributed by atoms with Crippen LogP contribution in [0.2, 0.25) is 0 Å². The number of fused-ring (bicyclic) bond motifs is 1. The van der Waals surface area contributed by atoms with Gasteiger partial charge in [0, 0.05) is 36.1 Å². The Morgan fingerprint density at radius 3 is 2.79 bits per heavy atom. The molecule has 2 N–H and O–H groups in total. The summed E-state index contributed by atoms with van der Waals surface area (Å²) in [4.78, 5) is 35.6. The second kappa shape index (κ2) is 7.43. The van der Waals surface area contributed by atoms with Crippen molar-refractivity contribution < 1.29 is 14.7 Å². The number of rotatable bonds is 4. The molecule has 4 rings (SSSR count). The molecule has 2 amide bonds. The summed E-state index contributed by atoms with van der Waals surface area (Å²) < 4.78 is 0. The third-order valence-corrected chi connectivity index (χ3v) is 6.66. The van der Waals surface area contributed by atoms with Gasteiger partial charge < -0.3 is 15.3 Å². The smallest absolute Gasteiger partial charge is 0.321 e. The number of amides is 2. The Bertz CT molecular complexity index is 908. The predicted octanol–water partition coefficient (Wildman–Crippen LogP) is 3.65. The van der Waals surface area contributed by atoms with Gasteiger partial charge in [-0.05, 0) is 67.3 Å². The van der Waals surface area contributed by atoms with Crippen molar-refractivity contribution in [1.82, 2.24) is 14.9 Å². The number of hydrogen-bond donors (Lipinski definition) is 2. The molecule has 28 heavy (non-hydrogen) atoms. The van der Waals surface area contributed by atoms with Crippen LogP contribution in [0.15, 0.2) is 46.7 Å². The highest BCUT2D eigenvalue weighted by Crippen LogP contribution is 2.49. The Labute approximate surface area is 167 Å². The molecule has 1 aliphatic heterocycles. The zero-order chi connectivity index (χ0) is 19.7. The molecule has 2 aliphatic rings. The van der Waals surface area contributed by atoms with E-state index in [4.69, 9.17) is 0 Å². The van der Waals surface area contributed by atoms with Crippen molar-refractivity contribution in [2.45, 2.75) is 36.2 Å². The molecule has 7 nitrogen and oxygen atoms in total. The minimum Gasteiger partial charge on any atom is -0.481 e. The van der Waals surface area contributed by atoms with Crippen LogP contribution in [0.25, 0.3) is 0 Å². The summed E-state index contributed by atoms with van der Waals surface area (Å²) in [7, 11) is 0. The van der Waals surface area contributed by atoms with Gasteiger partial charge in [0.05, 0.1) is 5.41 Å². The van der Waals surface area contributed by atoms with E-state index in [-0.39, 0.29) is 18.5 Å². The molecular formula is C20H22N4O3S. The van der Waals surface area contributed by atoms with E-state index >= 15 is 0 Å². The number of nitrogens with one attached hydrogen (secondary N) is 1. The summed E-state index contributed by atoms with van der Waals surface area (Å²) in [6.07, 6.45) is 5.86. The number of likely N-dealkylation sites (tertiary alicyclic amines) is 1. The number of aromatic nitrogens is 2. The second-order valence-electron chi connectivity index (χ2n) is 7.47. The molecule has 2 atom stereocenters. The Hall–Kier alpha value is -2.61. The first kappa shape index (κ1) is 18.7. The quantitative estimate of drug-likeness (QED) is 0.763. The maximum atomic E-state index is 12.7. The Kier molecular flexibility index (Phi) is 4.97. The van der Waals surface area contributed by atoms with Gasteiger partial charge in [0.25, 0.3) is 0 Å². The number of aryl methyl sites for hydroxylation is 1. The fourth-order valence-electron chi connectivity index (χ4n) is 4.27. The SMILES string of the molecule is Cc1cc(Sc2ncccn2)ccc1NC(=O)N1C[C@@H]2CCC[C@@]2(C(=O)O)C1. The van der Waals surface area contributed by atoms with Crippen molar-refractivity contribution >= 4 is 29.4 Å². The monoisotopic (exact) mass is 398 g/mol. The van der Waals surface area contributed by atoms with Crippen LogP contribution in [-0.4, -0.2) is 45.1 Å². The molecule has 2 fully saturated rings. The molecule has 1 aromatic heterocycles. The number of carboxylic acids is 1. The Balaban J connectivity index is 1.43. The Morgan fingerprint density at radius 1 is 1.32 bits per heavy atom. The van der Waals surface area contributed by atoms with E-state index < -0.39 is 11.4 Å². The van der Waals surface area contributed by atoms with Crippen LogP contribution >= 0.6 is 11.8 Å². The maximum Gasteiger partial charge on any atom is 0.321 e. The summed E-state index contributed by atoms with van der Waals surface area (Å²) >= 11 is 1.46. The van der Waals surface area contributed by atoms with E-state index in [2.05, 4.69) is 15.3 Å². The standard InChI is InChI=1S/C20H22N4O3S/c1-13-10-15(28-18-21-8-3-9-22-18)5-6-16(13)23-19(27)24-11-14-4-2-7-20(14,12-24)17(25)26/h3,5-6,8-10,14H,2,4,7,11-12H2,1H3,(H,23,27)(H,25,26)/t14-,20+/m0/s1. The van der Waals surface area contributed by atoms with Gasteiger partial charge in [0.1, 0.15) is 0 Å². The maximum absolute atomic E-state index is 12.7. The molecule has 1 saturated carbocycles. The van der Waals surface area contributed by atoms with Gasteiger partial charge in [-0.15, -0.1) is 0 Å². The molecule has 0 unspecified atom stereocenters. The summed E-state index contributed by atoms with van der Waals surface area (Å²) in [5.41, 5.74) is 0.897. The molecule has 8 heteroatoms. The topological polar surface area (TPSA) is 95.4 Å². The van der Waals surface area contributed by atoms with E-state index in [1.165, 1.54) is 11.8 Å². The highest BCUT2D eigenvalue weighted by Gasteiger charge is 2.55. The molecule has 0 bridgehead atoms. The van der Waals surface area contributed by atoms with E-state index in [0.717, 1.165) is 29.0 Å². The van der Waals surface area contributed by atoms with E-state index in [1.54, 1.807) is 23.4 Å². The zero-order valence-corrected chi connectivity index (χ0v) is 16.4. The van der Waals surface area contributed by atoms with Crippen molar-refractivity contribution in [3.8, 4) is 0 Å². The lowest BCUT2D eigenvalue weighted by Gasteiger charge is -2.23. The van der Waals surface area contributed by atoms with Crippen LogP contribution in [0, 0.1) is 18.3 Å². The van der Waals surface area contributed by atoms with Crippen molar-refractivity contribution in [2.75, 3.05) is 18.4 Å². The first-order valence-corrected chi connectivity index (χ1v) is 10.1. The average Bonchev–Trinajstić information content (AvgIpc) is 3.23. The van der Waals surface area contributed by atoms with Gasteiger partial charge in [0.2, 0.25) is 0 Å². The molecule has 146 valence electrons. The first-order chi connectivity index (χ1) is 13.5. The summed E-state index contributed by atoms with van der Waals surface area (Å²) in [5, 5.41) is 13.3. The minimum atomic E-state index is -0.772. The predicted molar refractivity (Wildman–Crippen MR) is 105 cm³/mol. The lowest BCUT2D eigenvalue weighted by Crippen LogP contribution is -2.38.